The smallest absolute Gasteiger partial charge is 0.256 e. The lowest BCUT2D eigenvalue weighted by Crippen LogP contribution is -2.34. The SMILES string of the molecule is O=c1c2c(ncn1CCc1ccccc1)CNCC2. The zero-order valence-corrected chi connectivity index (χ0v) is 10.8. The lowest BCUT2D eigenvalue weighted by molar-refractivity contribution is 0.580. The number of rotatable bonds is 3. The van der Waals surface area contributed by atoms with Crippen molar-refractivity contribution in [3.63, 3.8) is 0 Å². The summed E-state index contributed by atoms with van der Waals surface area (Å²) in [4.78, 5) is 16.7. The monoisotopic (exact) mass is 255 g/mol. The van der Waals surface area contributed by atoms with Crippen molar-refractivity contribution in [2.24, 2.45) is 0 Å². The fourth-order valence-corrected chi connectivity index (χ4v) is 2.44. The molecule has 2 heterocycles. The third-order valence-electron chi connectivity index (χ3n) is 3.55. The fraction of sp³-hybridized carbons (Fsp3) is 0.333. The second-order valence-electron chi connectivity index (χ2n) is 4.83. The average Bonchev–Trinajstić information content (AvgIpc) is 2.48. The lowest BCUT2D eigenvalue weighted by atomic mass is 10.1. The highest BCUT2D eigenvalue weighted by Gasteiger charge is 2.14. The number of fused-ring (bicyclic) bond motifs is 1. The number of hydrogen-bond acceptors (Lipinski definition) is 3. The van der Waals surface area contributed by atoms with E-state index in [1.54, 1.807) is 10.9 Å². The van der Waals surface area contributed by atoms with Gasteiger partial charge in [0.15, 0.2) is 0 Å². The molecule has 0 aliphatic carbocycles. The van der Waals surface area contributed by atoms with Crippen LogP contribution < -0.4 is 10.9 Å². The van der Waals surface area contributed by atoms with Gasteiger partial charge in [-0.1, -0.05) is 30.3 Å². The summed E-state index contributed by atoms with van der Waals surface area (Å²) in [5.74, 6) is 0. The summed E-state index contributed by atoms with van der Waals surface area (Å²) in [7, 11) is 0. The van der Waals surface area contributed by atoms with Crippen LogP contribution in [0.2, 0.25) is 0 Å². The Bertz CT molecular complexity index is 619. The molecule has 0 bridgehead atoms. The molecular weight excluding hydrogens is 238 g/mol. The van der Waals surface area contributed by atoms with Crippen molar-refractivity contribution >= 4 is 0 Å². The molecule has 0 fully saturated rings. The first kappa shape index (κ1) is 12.1. The Labute approximate surface area is 112 Å². The average molecular weight is 255 g/mol. The van der Waals surface area contributed by atoms with Gasteiger partial charge in [-0.25, -0.2) is 4.98 Å². The van der Waals surface area contributed by atoms with Crippen LogP contribution in [-0.4, -0.2) is 16.1 Å². The molecule has 0 spiro atoms. The maximum atomic E-state index is 12.3. The van der Waals surface area contributed by atoms with Crippen LogP contribution in [0.1, 0.15) is 16.8 Å². The number of aromatic nitrogens is 2. The maximum Gasteiger partial charge on any atom is 0.256 e. The molecule has 2 aromatic rings. The van der Waals surface area contributed by atoms with Gasteiger partial charge >= 0.3 is 0 Å². The van der Waals surface area contributed by atoms with E-state index in [0.29, 0.717) is 13.1 Å². The largest absolute Gasteiger partial charge is 0.311 e. The molecule has 19 heavy (non-hydrogen) atoms. The zero-order chi connectivity index (χ0) is 13.1. The first-order chi connectivity index (χ1) is 9.34. The van der Waals surface area contributed by atoms with Crippen molar-refractivity contribution in [1.82, 2.24) is 14.9 Å². The number of nitrogens with zero attached hydrogens (tertiary/aromatic N) is 2. The van der Waals surface area contributed by atoms with Crippen LogP contribution in [0.25, 0.3) is 0 Å². The van der Waals surface area contributed by atoms with E-state index in [1.807, 2.05) is 18.2 Å². The number of hydrogen-bond donors (Lipinski definition) is 1. The molecule has 0 saturated heterocycles. The van der Waals surface area contributed by atoms with Gasteiger partial charge in [0.25, 0.3) is 5.56 Å². The van der Waals surface area contributed by atoms with Crippen molar-refractivity contribution in [3.05, 3.63) is 63.8 Å². The Morgan fingerprint density at radius 3 is 2.95 bits per heavy atom. The summed E-state index contributed by atoms with van der Waals surface area (Å²) < 4.78 is 1.73. The summed E-state index contributed by atoms with van der Waals surface area (Å²) in [5.41, 5.74) is 3.16. The normalized spacial score (nSPS) is 14.1. The lowest BCUT2D eigenvalue weighted by Gasteiger charge is -2.16. The van der Waals surface area contributed by atoms with Crippen LogP contribution in [0, 0.1) is 0 Å². The van der Waals surface area contributed by atoms with Gasteiger partial charge in [0.05, 0.1) is 12.0 Å². The minimum absolute atomic E-state index is 0.127. The Kier molecular flexibility index (Phi) is 3.42. The van der Waals surface area contributed by atoms with E-state index in [0.717, 1.165) is 30.6 Å². The summed E-state index contributed by atoms with van der Waals surface area (Å²) in [6.07, 6.45) is 3.32. The second-order valence-corrected chi connectivity index (χ2v) is 4.83. The van der Waals surface area contributed by atoms with Crippen LogP contribution in [0.3, 0.4) is 0 Å². The van der Waals surface area contributed by atoms with E-state index in [4.69, 9.17) is 0 Å². The van der Waals surface area contributed by atoms with Crippen molar-refractivity contribution in [2.75, 3.05) is 6.54 Å². The van der Waals surface area contributed by atoms with Gasteiger partial charge in [0, 0.05) is 18.7 Å². The first-order valence-corrected chi connectivity index (χ1v) is 6.66. The molecule has 4 nitrogen and oxygen atoms in total. The molecule has 0 amide bonds. The standard InChI is InChI=1S/C15H17N3O/c19-15-13-6-8-16-10-14(13)17-11-18(15)9-7-12-4-2-1-3-5-12/h1-5,11,16H,6-10H2. The molecule has 0 saturated carbocycles. The third kappa shape index (κ3) is 2.58. The summed E-state index contributed by atoms with van der Waals surface area (Å²) >= 11 is 0. The quantitative estimate of drug-likeness (QED) is 0.894. The van der Waals surface area contributed by atoms with Gasteiger partial charge in [0.2, 0.25) is 0 Å². The minimum Gasteiger partial charge on any atom is -0.311 e. The third-order valence-corrected chi connectivity index (χ3v) is 3.55. The molecular formula is C15H17N3O. The number of aryl methyl sites for hydroxylation is 2. The Balaban J connectivity index is 1.80. The predicted molar refractivity (Wildman–Crippen MR) is 74.1 cm³/mol. The van der Waals surface area contributed by atoms with Crippen molar-refractivity contribution in [2.45, 2.75) is 25.9 Å². The van der Waals surface area contributed by atoms with E-state index in [-0.39, 0.29) is 5.56 Å². The van der Waals surface area contributed by atoms with Crippen LogP contribution >= 0.6 is 0 Å². The highest BCUT2D eigenvalue weighted by atomic mass is 16.1. The number of benzene rings is 1. The van der Waals surface area contributed by atoms with Gasteiger partial charge in [-0.15, -0.1) is 0 Å². The maximum absolute atomic E-state index is 12.3. The Hall–Kier alpha value is -1.94. The minimum atomic E-state index is 0.127. The van der Waals surface area contributed by atoms with Crippen LogP contribution in [0.4, 0.5) is 0 Å². The highest BCUT2D eigenvalue weighted by molar-refractivity contribution is 5.20. The molecule has 1 aromatic carbocycles. The summed E-state index contributed by atoms with van der Waals surface area (Å²) in [5, 5.41) is 3.23. The highest BCUT2D eigenvalue weighted by Crippen LogP contribution is 2.06. The van der Waals surface area contributed by atoms with Crippen LogP contribution in [0.15, 0.2) is 41.5 Å². The van der Waals surface area contributed by atoms with E-state index < -0.39 is 0 Å². The van der Waals surface area contributed by atoms with E-state index in [9.17, 15) is 4.79 Å². The Morgan fingerprint density at radius 2 is 2.11 bits per heavy atom. The fourth-order valence-electron chi connectivity index (χ4n) is 2.44. The molecule has 4 heteroatoms. The van der Waals surface area contributed by atoms with Crippen LogP contribution in [-0.2, 0) is 25.9 Å². The van der Waals surface area contributed by atoms with Crippen molar-refractivity contribution < 1.29 is 0 Å². The summed E-state index contributed by atoms with van der Waals surface area (Å²) in [6, 6.07) is 10.2. The van der Waals surface area contributed by atoms with E-state index >= 15 is 0 Å². The summed E-state index contributed by atoms with van der Waals surface area (Å²) in [6.45, 7) is 2.27. The molecule has 0 atom stereocenters. The van der Waals surface area contributed by atoms with E-state index in [1.165, 1.54) is 5.56 Å². The van der Waals surface area contributed by atoms with Crippen molar-refractivity contribution in [1.29, 1.82) is 0 Å². The Morgan fingerprint density at radius 1 is 1.26 bits per heavy atom. The molecule has 98 valence electrons. The van der Waals surface area contributed by atoms with Gasteiger partial charge in [0.1, 0.15) is 0 Å². The molecule has 1 aliphatic rings. The van der Waals surface area contributed by atoms with Crippen molar-refractivity contribution in [3.8, 4) is 0 Å². The van der Waals surface area contributed by atoms with Crippen LogP contribution in [0.5, 0.6) is 0 Å². The first-order valence-electron chi connectivity index (χ1n) is 6.66. The molecule has 1 N–H and O–H groups in total. The molecule has 1 aliphatic heterocycles. The molecule has 0 unspecified atom stereocenters. The molecule has 0 radical (unpaired) electrons. The van der Waals surface area contributed by atoms with Gasteiger partial charge in [-0.3, -0.25) is 9.36 Å². The number of nitrogens with one attached hydrogen (secondary N) is 1. The van der Waals surface area contributed by atoms with Gasteiger partial charge in [-0.05, 0) is 24.9 Å². The van der Waals surface area contributed by atoms with Gasteiger partial charge in [-0.2, -0.15) is 0 Å². The second kappa shape index (κ2) is 5.36. The molecule has 3 rings (SSSR count). The topological polar surface area (TPSA) is 46.9 Å². The van der Waals surface area contributed by atoms with Gasteiger partial charge < -0.3 is 5.32 Å². The molecule has 1 aromatic heterocycles. The van der Waals surface area contributed by atoms with E-state index in [2.05, 4.69) is 22.4 Å². The zero-order valence-electron chi connectivity index (χ0n) is 10.8. The predicted octanol–water partition coefficient (Wildman–Crippen LogP) is 1.13.